The van der Waals surface area contributed by atoms with Crippen LogP contribution in [0.3, 0.4) is 0 Å². The Balaban J connectivity index is 0.840. The number of alkyl carbamates (subject to hydrolysis) is 1. The number of phenols is 2. The largest absolute Gasteiger partial charge is 0.507 e. The topological polar surface area (TPSA) is 458 Å². The quantitative estimate of drug-likeness (QED) is 0.0161. The number of benzene rings is 3. The molecule has 4 aliphatic rings. The molecule has 2 unspecified atom stereocenters. The molecule has 0 radical (unpaired) electrons. The van der Waals surface area contributed by atoms with Crippen LogP contribution >= 0.6 is 38.7 Å². The molecule has 498 valence electrons. The van der Waals surface area contributed by atoms with E-state index in [0.29, 0.717) is 48.4 Å². The lowest BCUT2D eigenvalue weighted by Gasteiger charge is -2.42. The minimum atomic E-state index is -5.02. The van der Waals surface area contributed by atoms with E-state index in [1.165, 1.54) is 68.0 Å². The van der Waals surface area contributed by atoms with E-state index in [1.54, 1.807) is 26.0 Å². The average Bonchev–Trinajstić information content (AvgIpc) is 0.862. The molecule has 13 N–H and O–H groups in total. The Morgan fingerprint density at radius 1 is 0.857 bits per heavy atom. The van der Waals surface area contributed by atoms with Gasteiger partial charge >= 0.3 is 21.3 Å². The Hall–Kier alpha value is -6.31. The van der Waals surface area contributed by atoms with Gasteiger partial charge < -0.3 is 85.3 Å². The van der Waals surface area contributed by atoms with Crippen molar-refractivity contribution in [3.05, 3.63) is 81.4 Å². The van der Waals surface area contributed by atoms with Crippen LogP contribution in [0.2, 0.25) is 0 Å². The summed E-state index contributed by atoms with van der Waals surface area (Å²) >= 11 is 2.22. The van der Waals surface area contributed by atoms with E-state index in [9.17, 15) is 97.4 Å². The first kappa shape index (κ1) is 72.1. The SMILES string of the molecule is COc1cccc2c1C(=O)c1c(O)c3c(c(O)c1C2=O)C[C@@](O)(C(=O)CO)CC3O[C@H]1C[C@H](NC(=O)OCc2ccc(NC(=O)[C@H](C)NC(=O)[C@@H](NC(=O)CCCCCN3C(=O)CC(SCCCSCC(P(=O)(O)O)P(=O)(O)O)C3=O)C(C)C)cc2)[C@H](O)[C@H](C)O1. The number of likely N-dealkylation sites (tertiary alicyclic amines) is 1. The number of nitrogens with zero attached hydrogens (tertiary/aromatic N) is 1. The number of amides is 6. The van der Waals surface area contributed by atoms with Gasteiger partial charge in [0, 0.05) is 66.8 Å². The van der Waals surface area contributed by atoms with Crippen LogP contribution in [0, 0.1) is 5.92 Å². The predicted molar refractivity (Wildman–Crippen MR) is 326 cm³/mol. The molecule has 0 saturated carbocycles. The normalized spacial score (nSPS) is 22.2. The molecule has 9 atom stereocenters. The Labute approximate surface area is 530 Å². The number of carbonyl (C=O) groups excluding carboxylic acids is 9. The summed E-state index contributed by atoms with van der Waals surface area (Å²) in [4.78, 5) is 158. The van der Waals surface area contributed by atoms with E-state index in [1.807, 2.05) is 0 Å². The van der Waals surface area contributed by atoms with E-state index in [0.717, 1.165) is 11.8 Å². The molecule has 91 heavy (non-hydrogen) atoms. The first-order chi connectivity index (χ1) is 42.8. The smallest absolute Gasteiger partial charge is 0.407 e. The number of methoxy groups -OCH3 is 1. The summed E-state index contributed by atoms with van der Waals surface area (Å²) in [5.74, 6) is -6.81. The van der Waals surface area contributed by atoms with Gasteiger partial charge in [0.25, 0.3) is 0 Å². The Morgan fingerprint density at radius 2 is 1.54 bits per heavy atom. The fraction of sp³-hybridized carbons (Fsp3) is 0.534. The minimum Gasteiger partial charge on any atom is -0.507 e. The van der Waals surface area contributed by atoms with Crippen molar-refractivity contribution in [3.63, 3.8) is 0 Å². The Morgan fingerprint density at radius 3 is 2.19 bits per heavy atom. The molecule has 7 rings (SSSR count). The van der Waals surface area contributed by atoms with Crippen molar-refractivity contribution in [1.82, 2.24) is 20.9 Å². The number of phenolic OH excluding ortho intramolecular Hbond substituents is 2. The predicted octanol–water partition coefficient (Wildman–Crippen LogP) is 2.78. The standard InChI is InChI=1S/C58H75N5O24P2S2/c1-28(2)48(62-40(66)13-7-6-8-18-63-41(67)22-38(56(63)75)91-20-10-19-90-27-43(88(78,79)80)89(81,82)83)55(74)59-29(3)54(73)60-32-16-14-31(15-17-32)26-85-57(76)61-35-21-42(86-30(4)49(35)68)87-37-24-58(77,39(65)25-64)23-34-45(37)53(72)47-46(51(34)70)50(69)33-11-9-12-36(84-5)44(33)52(47)71/h9,11-12,14-17,28-30,35,37-38,42-43,48-49,64,68,70,72,77H,6-8,10,13,18-27H2,1-5H3,(H,59,74)(H,60,73)(H,61,76)(H,62,66)(H2,78,79,80)(H2,81,82,83)/t29-,30-,35-,37?,38?,42-,48-,49+,58-/m0/s1. The summed E-state index contributed by atoms with van der Waals surface area (Å²) in [6.07, 6.45) is -6.17. The summed E-state index contributed by atoms with van der Waals surface area (Å²) < 4.78 is 45.9. The number of imide groups is 1. The number of unbranched alkanes of at least 4 members (excludes halogenated alkanes) is 2. The molecule has 6 amide bonds. The molecular weight excluding hydrogens is 1280 g/mol. The average molecular weight is 1350 g/mol. The number of aliphatic hydroxyl groups excluding tert-OH is 2. The molecule has 2 saturated heterocycles. The maximum atomic E-state index is 14.1. The van der Waals surface area contributed by atoms with Crippen LogP contribution in [0.25, 0.3) is 0 Å². The van der Waals surface area contributed by atoms with Gasteiger partial charge in [-0.25, -0.2) is 4.79 Å². The highest BCUT2D eigenvalue weighted by atomic mass is 32.2. The third kappa shape index (κ3) is 17.3. The molecule has 2 aliphatic heterocycles. The van der Waals surface area contributed by atoms with Crippen molar-refractivity contribution >= 4 is 97.4 Å². The van der Waals surface area contributed by atoms with Crippen LogP contribution in [0.5, 0.6) is 17.2 Å². The van der Waals surface area contributed by atoms with Gasteiger partial charge in [-0.15, -0.1) is 11.8 Å². The zero-order valence-corrected chi connectivity index (χ0v) is 53.7. The molecular formula is C58H75N5O24P2S2. The van der Waals surface area contributed by atoms with Crippen molar-refractivity contribution in [3.8, 4) is 17.2 Å². The van der Waals surface area contributed by atoms with E-state index >= 15 is 0 Å². The zero-order chi connectivity index (χ0) is 67.0. The molecule has 2 aliphatic carbocycles. The summed E-state index contributed by atoms with van der Waals surface area (Å²) in [7, 11) is -8.77. The van der Waals surface area contributed by atoms with Crippen molar-refractivity contribution < 1.29 is 116 Å². The number of hydrogen-bond donors (Lipinski definition) is 13. The maximum Gasteiger partial charge on any atom is 0.407 e. The third-order valence-corrected chi connectivity index (χ3v) is 22.6. The van der Waals surface area contributed by atoms with Gasteiger partial charge in [0.05, 0.1) is 47.3 Å². The number of aromatic hydroxyl groups is 2. The second kappa shape index (κ2) is 30.6. The molecule has 0 bridgehead atoms. The Bertz CT molecular complexity index is 3360. The number of thioether (sulfide) groups is 2. The second-order valence-corrected chi connectivity index (χ2v) is 29.3. The number of ketones is 3. The van der Waals surface area contributed by atoms with Crippen LogP contribution < -0.4 is 26.0 Å². The van der Waals surface area contributed by atoms with Gasteiger partial charge in [0.2, 0.25) is 35.3 Å². The fourth-order valence-corrected chi connectivity index (χ4v) is 16.8. The molecule has 0 aromatic heterocycles. The van der Waals surface area contributed by atoms with Gasteiger partial charge in [-0.2, -0.15) is 11.8 Å². The number of ether oxygens (including phenoxy) is 4. The van der Waals surface area contributed by atoms with Gasteiger partial charge in [-0.3, -0.25) is 52.4 Å². The minimum absolute atomic E-state index is 0.00317. The number of fused-ring (bicyclic) bond motifs is 3. The van der Waals surface area contributed by atoms with Gasteiger partial charge in [0.15, 0.2) is 23.3 Å². The number of rotatable bonds is 29. The van der Waals surface area contributed by atoms with E-state index in [2.05, 4.69) is 21.3 Å². The number of hydrogen-bond acceptors (Lipinski definition) is 22. The third-order valence-electron chi connectivity index (χ3n) is 16.0. The molecule has 0 spiro atoms. The van der Waals surface area contributed by atoms with Gasteiger partial charge in [0.1, 0.15) is 54.3 Å². The second-order valence-electron chi connectivity index (χ2n) is 22.9. The molecule has 3 aromatic carbocycles. The van der Waals surface area contributed by atoms with Gasteiger partial charge in [-0.05, 0) is 74.3 Å². The molecule has 3 aromatic rings. The fourth-order valence-electron chi connectivity index (χ4n) is 11.0. The highest BCUT2D eigenvalue weighted by Crippen LogP contribution is 2.61. The number of aliphatic hydroxyl groups is 3. The summed E-state index contributed by atoms with van der Waals surface area (Å²) in [6, 6.07) is 7.17. The first-order valence-electron chi connectivity index (χ1n) is 29.1. The van der Waals surface area contributed by atoms with Crippen LogP contribution in [0.15, 0.2) is 42.5 Å². The summed E-state index contributed by atoms with van der Waals surface area (Å²) in [5, 5.41) is 64.1. The lowest BCUT2D eigenvalue weighted by Crippen LogP contribution is -2.56. The molecule has 2 fully saturated rings. The monoisotopic (exact) mass is 1350 g/mol. The van der Waals surface area contributed by atoms with Crippen molar-refractivity contribution in [2.24, 2.45) is 5.92 Å². The zero-order valence-electron chi connectivity index (χ0n) is 50.2. The van der Waals surface area contributed by atoms with Crippen LogP contribution in [0.1, 0.15) is 134 Å². The molecule has 33 heteroatoms. The lowest BCUT2D eigenvalue weighted by molar-refractivity contribution is -0.249. The van der Waals surface area contributed by atoms with Crippen molar-refractivity contribution in [2.75, 3.05) is 42.8 Å². The summed E-state index contributed by atoms with van der Waals surface area (Å²) in [6.45, 7) is 5.07. The van der Waals surface area contributed by atoms with Crippen LogP contribution in [0.4, 0.5) is 10.5 Å². The van der Waals surface area contributed by atoms with E-state index < -0.39 is 163 Å². The maximum absolute atomic E-state index is 14.1. The van der Waals surface area contributed by atoms with E-state index in [-0.39, 0.29) is 78.1 Å². The van der Waals surface area contributed by atoms with Crippen molar-refractivity contribution in [2.45, 2.75) is 151 Å². The molecule has 2 heterocycles. The number of carbonyl (C=O) groups is 9. The summed E-state index contributed by atoms with van der Waals surface area (Å²) in [5.41, 5.74) is -3.68. The number of nitrogens with one attached hydrogen (secondary N) is 4. The highest BCUT2D eigenvalue weighted by molar-refractivity contribution is 8.01. The van der Waals surface area contributed by atoms with Crippen LogP contribution in [-0.4, -0.2) is 193 Å². The molecule has 29 nitrogen and oxygen atoms in total. The lowest BCUT2D eigenvalue weighted by atomic mass is 9.72. The number of anilines is 1. The van der Waals surface area contributed by atoms with Gasteiger partial charge in [-0.1, -0.05) is 44.5 Å². The highest BCUT2D eigenvalue weighted by Gasteiger charge is 2.51. The van der Waals surface area contributed by atoms with Crippen LogP contribution in [-0.2, 0) is 65.1 Å². The Kier molecular flexibility index (Phi) is 24.3. The van der Waals surface area contributed by atoms with Crippen molar-refractivity contribution in [1.29, 1.82) is 0 Å². The first-order valence-corrected chi connectivity index (χ1v) is 34.7. The van der Waals surface area contributed by atoms with E-state index in [4.69, 9.17) is 18.9 Å². The number of Topliss-reactive ketones (excluding diaryl/α,β-unsaturated/α-hetero) is 1.